The van der Waals surface area contributed by atoms with Crippen LogP contribution in [0.25, 0.3) is 6.08 Å². The van der Waals surface area contributed by atoms with E-state index < -0.39 is 5.91 Å². The lowest BCUT2D eigenvalue weighted by atomic mass is 10.2. The van der Waals surface area contributed by atoms with Gasteiger partial charge in [-0.25, -0.2) is 5.84 Å². The molecule has 0 aliphatic heterocycles. The first-order valence-corrected chi connectivity index (χ1v) is 5.44. The monoisotopic (exact) mass is 300 g/mol. The minimum atomic E-state index is -0.477. The highest BCUT2D eigenvalue weighted by Gasteiger charge is 2.04. The quantitative estimate of drug-likeness (QED) is 0.327. The average molecular weight is 301 g/mol. The molecule has 0 spiro atoms. The SMILES string of the molecule is COc1ccc(Br)cc1/C=C/C(=O)N(N)NN. The second kappa shape index (κ2) is 6.36. The third-order valence-electron chi connectivity index (χ3n) is 1.97. The number of hydrogen-bond acceptors (Lipinski definition) is 5. The minimum absolute atomic E-state index is 0.477. The van der Waals surface area contributed by atoms with Crippen molar-refractivity contribution in [2.45, 2.75) is 0 Å². The second-order valence-corrected chi connectivity index (χ2v) is 3.97. The van der Waals surface area contributed by atoms with E-state index in [2.05, 4.69) is 15.9 Å². The number of carbonyl (C=O) groups excluding carboxylic acids is 1. The topological polar surface area (TPSA) is 93.6 Å². The summed E-state index contributed by atoms with van der Waals surface area (Å²) >= 11 is 3.33. The van der Waals surface area contributed by atoms with E-state index in [1.807, 2.05) is 17.7 Å². The fourth-order valence-corrected chi connectivity index (χ4v) is 1.52. The van der Waals surface area contributed by atoms with E-state index in [1.54, 1.807) is 19.3 Å². The van der Waals surface area contributed by atoms with Crippen LogP contribution in [0.4, 0.5) is 0 Å². The molecule has 6 nitrogen and oxygen atoms in total. The van der Waals surface area contributed by atoms with Gasteiger partial charge in [-0.1, -0.05) is 15.9 Å². The molecule has 1 rings (SSSR count). The first-order valence-electron chi connectivity index (χ1n) is 4.65. The van der Waals surface area contributed by atoms with E-state index in [4.69, 9.17) is 16.4 Å². The molecule has 17 heavy (non-hydrogen) atoms. The zero-order valence-corrected chi connectivity index (χ0v) is 10.8. The molecule has 1 amide bonds. The van der Waals surface area contributed by atoms with Crippen molar-refractivity contribution < 1.29 is 9.53 Å². The molecule has 5 N–H and O–H groups in total. The zero-order chi connectivity index (χ0) is 12.8. The van der Waals surface area contributed by atoms with Gasteiger partial charge in [0.1, 0.15) is 5.75 Å². The average Bonchev–Trinajstić information content (AvgIpc) is 2.35. The van der Waals surface area contributed by atoms with Crippen LogP contribution >= 0.6 is 15.9 Å². The zero-order valence-electron chi connectivity index (χ0n) is 9.18. The molecule has 0 saturated heterocycles. The predicted molar refractivity (Wildman–Crippen MR) is 68.1 cm³/mol. The van der Waals surface area contributed by atoms with Gasteiger partial charge in [-0.15, -0.1) is 0 Å². The number of nitrogens with one attached hydrogen (secondary N) is 1. The van der Waals surface area contributed by atoms with Crippen LogP contribution in [-0.4, -0.2) is 18.1 Å². The maximum absolute atomic E-state index is 11.4. The number of hydrazine groups is 3. The molecule has 92 valence electrons. The Morgan fingerprint density at radius 1 is 1.59 bits per heavy atom. The van der Waals surface area contributed by atoms with Gasteiger partial charge in [-0.3, -0.25) is 10.6 Å². The molecule has 0 unspecified atom stereocenters. The highest BCUT2D eigenvalue weighted by atomic mass is 79.9. The van der Waals surface area contributed by atoms with Gasteiger partial charge >= 0.3 is 0 Å². The van der Waals surface area contributed by atoms with Crippen molar-refractivity contribution in [1.29, 1.82) is 0 Å². The van der Waals surface area contributed by atoms with Crippen LogP contribution < -0.4 is 22.0 Å². The van der Waals surface area contributed by atoms with Crippen molar-refractivity contribution in [3.05, 3.63) is 34.3 Å². The Labute approximate surface area is 107 Å². The summed E-state index contributed by atoms with van der Waals surface area (Å²) in [5.74, 6) is 10.4. The Morgan fingerprint density at radius 2 is 2.29 bits per heavy atom. The number of ether oxygens (including phenoxy) is 1. The van der Waals surface area contributed by atoms with Crippen LogP contribution in [0.1, 0.15) is 5.56 Å². The summed E-state index contributed by atoms with van der Waals surface area (Å²) < 4.78 is 6.03. The van der Waals surface area contributed by atoms with Gasteiger partial charge in [0.05, 0.1) is 7.11 Å². The highest BCUT2D eigenvalue weighted by Crippen LogP contribution is 2.23. The van der Waals surface area contributed by atoms with Crippen molar-refractivity contribution in [2.75, 3.05) is 7.11 Å². The van der Waals surface area contributed by atoms with Crippen molar-refractivity contribution >= 4 is 27.9 Å². The molecule has 0 aromatic heterocycles. The summed E-state index contributed by atoms with van der Waals surface area (Å²) in [6, 6.07) is 5.45. The van der Waals surface area contributed by atoms with Crippen molar-refractivity contribution in [3.63, 3.8) is 0 Å². The molecule has 0 aliphatic rings. The number of nitrogens with two attached hydrogens (primary N) is 2. The van der Waals surface area contributed by atoms with Crippen LogP contribution in [-0.2, 0) is 4.79 Å². The van der Waals surface area contributed by atoms with E-state index in [0.717, 1.165) is 10.0 Å². The number of rotatable bonds is 4. The number of carbonyl (C=O) groups is 1. The van der Waals surface area contributed by atoms with E-state index >= 15 is 0 Å². The number of methoxy groups -OCH3 is 1. The predicted octanol–water partition coefficient (Wildman–Crippen LogP) is 0.551. The van der Waals surface area contributed by atoms with E-state index in [9.17, 15) is 4.79 Å². The molecule has 1 aromatic rings. The molecule has 0 fully saturated rings. The van der Waals surface area contributed by atoms with Gasteiger partial charge in [0, 0.05) is 16.1 Å². The third kappa shape index (κ3) is 3.82. The Hall–Kier alpha value is -1.41. The highest BCUT2D eigenvalue weighted by molar-refractivity contribution is 9.10. The third-order valence-corrected chi connectivity index (χ3v) is 2.47. The molecule has 0 atom stereocenters. The van der Waals surface area contributed by atoms with Gasteiger partial charge < -0.3 is 4.74 Å². The second-order valence-electron chi connectivity index (χ2n) is 3.06. The van der Waals surface area contributed by atoms with Gasteiger partial charge in [0.25, 0.3) is 5.91 Å². The first-order chi connectivity index (χ1) is 8.08. The molecular formula is C10H13BrN4O2. The van der Waals surface area contributed by atoms with Gasteiger partial charge in [-0.05, 0) is 24.3 Å². The summed E-state index contributed by atoms with van der Waals surface area (Å²) in [5.41, 5.74) is 2.76. The van der Waals surface area contributed by atoms with Crippen LogP contribution in [0.15, 0.2) is 28.7 Å². The van der Waals surface area contributed by atoms with Gasteiger partial charge in [0.15, 0.2) is 0 Å². The van der Waals surface area contributed by atoms with Crippen LogP contribution in [0.3, 0.4) is 0 Å². The number of nitrogens with zero attached hydrogens (tertiary/aromatic N) is 1. The van der Waals surface area contributed by atoms with E-state index in [-0.39, 0.29) is 0 Å². The Bertz CT molecular complexity index is 436. The lowest BCUT2D eigenvalue weighted by Gasteiger charge is -2.11. The smallest absolute Gasteiger partial charge is 0.276 e. The summed E-state index contributed by atoms with van der Waals surface area (Å²) in [5, 5.41) is 0.668. The van der Waals surface area contributed by atoms with E-state index in [1.165, 1.54) is 6.08 Å². The van der Waals surface area contributed by atoms with Crippen molar-refractivity contribution in [2.24, 2.45) is 11.7 Å². The summed E-state index contributed by atoms with van der Waals surface area (Å²) in [6.45, 7) is 0. The molecule has 0 heterocycles. The van der Waals surface area contributed by atoms with Gasteiger partial charge in [-0.2, -0.15) is 10.7 Å². The number of amides is 1. The fourth-order valence-electron chi connectivity index (χ4n) is 1.14. The Kier molecular flexibility index (Phi) is 5.11. The van der Waals surface area contributed by atoms with Crippen molar-refractivity contribution in [1.82, 2.24) is 10.7 Å². The lowest BCUT2D eigenvalue weighted by Crippen LogP contribution is -2.50. The summed E-state index contributed by atoms with van der Waals surface area (Å²) in [4.78, 5) is 11.4. The van der Waals surface area contributed by atoms with Gasteiger partial charge in [0.2, 0.25) is 0 Å². The van der Waals surface area contributed by atoms with Crippen molar-refractivity contribution in [3.8, 4) is 5.75 Å². The summed E-state index contributed by atoms with van der Waals surface area (Å²) in [7, 11) is 1.55. The van der Waals surface area contributed by atoms with E-state index in [0.29, 0.717) is 10.9 Å². The molecule has 0 saturated carbocycles. The largest absolute Gasteiger partial charge is 0.496 e. The Morgan fingerprint density at radius 3 is 2.88 bits per heavy atom. The van der Waals surface area contributed by atoms with Crippen LogP contribution in [0, 0.1) is 0 Å². The first kappa shape index (κ1) is 13.7. The number of hydrogen-bond donors (Lipinski definition) is 3. The normalized spacial score (nSPS) is 10.6. The molecule has 1 aromatic carbocycles. The fraction of sp³-hybridized carbons (Fsp3) is 0.100. The molecule has 0 aliphatic carbocycles. The molecule has 0 radical (unpaired) electrons. The number of benzene rings is 1. The Balaban J connectivity index is 2.90. The van der Waals surface area contributed by atoms with Crippen LogP contribution in [0.5, 0.6) is 5.75 Å². The summed E-state index contributed by atoms with van der Waals surface area (Å²) in [6.07, 6.45) is 2.87. The lowest BCUT2D eigenvalue weighted by molar-refractivity contribution is -0.129. The number of halogens is 1. The standard InChI is InChI=1S/C10H13BrN4O2/c1-17-9-4-3-8(11)6-7(9)2-5-10(16)15(13)14-12/h2-6,14H,12-13H2,1H3/b5-2+. The maximum Gasteiger partial charge on any atom is 0.276 e. The van der Waals surface area contributed by atoms with Crippen LogP contribution in [0.2, 0.25) is 0 Å². The minimum Gasteiger partial charge on any atom is -0.496 e. The molecule has 7 heteroatoms. The molecule has 0 bridgehead atoms. The molecular weight excluding hydrogens is 288 g/mol. The maximum atomic E-state index is 11.4.